The number of hydrogen-bond acceptors (Lipinski definition) is 4. The molecule has 6 nitrogen and oxygen atoms in total. The normalized spacial score (nSPS) is 12.0. The maximum absolute atomic E-state index is 12.7. The second kappa shape index (κ2) is 7.30. The summed E-state index contributed by atoms with van der Waals surface area (Å²) in [7, 11) is 1.62. The molecule has 0 aliphatic carbocycles. The second-order valence-electron chi connectivity index (χ2n) is 4.56. The van der Waals surface area contributed by atoms with E-state index in [0.29, 0.717) is 12.5 Å². The Morgan fingerprint density at radius 1 is 1.36 bits per heavy atom. The van der Waals surface area contributed by atoms with Gasteiger partial charge in [-0.2, -0.15) is 8.78 Å². The molecule has 22 heavy (non-hydrogen) atoms. The monoisotopic (exact) mass is 328 g/mol. The Hall–Kier alpha value is -2.03. The summed E-state index contributed by atoms with van der Waals surface area (Å²) in [4.78, 5) is 13.6. The lowest BCUT2D eigenvalue weighted by atomic mass is 10.4. The van der Waals surface area contributed by atoms with E-state index in [4.69, 9.17) is 0 Å². The molecule has 0 unspecified atom stereocenters. The fraction of sp³-hybridized carbons (Fsp3) is 0.462. The topological polar surface area (TPSA) is 67.1 Å². The van der Waals surface area contributed by atoms with Crippen LogP contribution in [0.4, 0.5) is 8.78 Å². The maximum Gasteiger partial charge on any atom is 0.319 e. The van der Waals surface area contributed by atoms with Crippen molar-refractivity contribution in [2.45, 2.75) is 33.5 Å². The van der Waals surface area contributed by atoms with Crippen molar-refractivity contribution in [2.75, 3.05) is 7.05 Å². The van der Waals surface area contributed by atoms with Gasteiger partial charge in [-0.25, -0.2) is 9.97 Å². The van der Waals surface area contributed by atoms with Crippen molar-refractivity contribution in [1.82, 2.24) is 25.2 Å². The summed E-state index contributed by atoms with van der Waals surface area (Å²) in [6, 6.07) is 0. The average molecular weight is 328 g/mol. The lowest BCUT2D eigenvalue weighted by Crippen LogP contribution is -2.37. The van der Waals surface area contributed by atoms with E-state index < -0.39 is 6.55 Å². The fourth-order valence-electron chi connectivity index (χ4n) is 1.82. The Kier molecular flexibility index (Phi) is 5.42. The van der Waals surface area contributed by atoms with Gasteiger partial charge in [0.1, 0.15) is 10.8 Å². The summed E-state index contributed by atoms with van der Waals surface area (Å²) in [6.45, 7) is 2.07. The van der Waals surface area contributed by atoms with Gasteiger partial charge in [-0.05, 0) is 13.8 Å². The maximum atomic E-state index is 12.7. The summed E-state index contributed by atoms with van der Waals surface area (Å²) in [6.07, 6.45) is 2.60. The van der Waals surface area contributed by atoms with Gasteiger partial charge in [0.05, 0.1) is 18.8 Å². The summed E-state index contributed by atoms with van der Waals surface area (Å²) >= 11 is 1.62. The van der Waals surface area contributed by atoms with E-state index in [1.165, 1.54) is 17.3 Å². The zero-order valence-corrected chi connectivity index (χ0v) is 13.4. The molecule has 2 aromatic heterocycles. The Balaban J connectivity index is 1.89. The first-order valence-electron chi connectivity index (χ1n) is 6.68. The molecule has 0 atom stereocenters. The summed E-state index contributed by atoms with van der Waals surface area (Å²) in [5.74, 6) is 0.758. The van der Waals surface area contributed by atoms with E-state index in [2.05, 4.69) is 25.6 Å². The van der Waals surface area contributed by atoms with Crippen LogP contribution >= 0.6 is 11.3 Å². The quantitative estimate of drug-likeness (QED) is 0.652. The van der Waals surface area contributed by atoms with E-state index in [1.807, 2.05) is 13.8 Å². The van der Waals surface area contributed by atoms with Crippen LogP contribution < -0.4 is 10.6 Å². The minimum absolute atomic E-state index is 0.160. The molecule has 9 heteroatoms. The molecule has 2 aromatic rings. The SMILES string of the molecule is CN=C(NCc1nc(C)c(C)s1)NCc1nccn1C(F)F. The number of nitrogens with one attached hydrogen (secondary N) is 2. The second-order valence-corrected chi connectivity index (χ2v) is 5.84. The van der Waals surface area contributed by atoms with Crippen molar-refractivity contribution in [2.24, 2.45) is 4.99 Å². The molecule has 0 spiro atoms. The van der Waals surface area contributed by atoms with E-state index in [1.54, 1.807) is 18.4 Å². The number of rotatable bonds is 5. The summed E-state index contributed by atoms with van der Waals surface area (Å²) in [5, 5.41) is 7.01. The van der Waals surface area contributed by atoms with Crippen LogP contribution in [-0.2, 0) is 13.1 Å². The van der Waals surface area contributed by atoms with Gasteiger partial charge in [0.15, 0.2) is 5.96 Å². The van der Waals surface area contributed by atoms with Crippen LogP contribution in [0.5, 0.6) is 0 Å². The smallest absolute Gasteiger partial charge is 0.319 e. The third kappa shape index (κ3) is 4.00. The van der Waals surface area contributed by atoms with Gasteiger partial charge in [-0.1, -0.05) is 0 Å². The number of nitrogens with zero attached hydrogens (tertiary/aromatic N) is 4. The number of aromatic nitrogens is 3. The molecule has 0 aliphatic rings. The number of aliphatic imine (C=N–C) groups is 1. The number of aryl methyl sites for hydroxylation is 2. The minimum Gasteiger partial charge on any atom is -0.350 e. The highest BCUT2D eigenvalue weighted by Crippen LogP contribution is 2.16. The lowest BCUT2D eigenvalue weighted by Gasteiger charge is -2.11. The van der Waals surface area contributed by atoms with E-state index in [9.17, 15) is 8.78 Å². The standard InChI is InChI=1S/C13H18F2N6S/c1-8-9(2)22-11(20-8)7-19-13(16-3)18-6-10-17-4-5-21(10)12(14)15/h4-5,12H,6-7H2,1-3H3,(H2,16,18,19). The van der Waals surface area contributed by atoms with Gasteiger partial charge in [-0.15, -0.1) is 11.3 Å². The van der Waals surface area contributed by atoms with Crippen LogP contribution in [0.2, 0.25) is 0 Å². The van der Waals surface area contributed by atoms with Crippen LogP contribution in [0.3, 0.4) is 0 Å². The molecule has 0 aromatic carbocycles. The molecule has 120 valence electrons. The molecule has 0 saturated carbocycles. The fourth-order valence-corrected chi connectivity index (χ4v) is 2.69. The van der Waals surface area contributed by atoms with Crippen molar-refractivity contribution < 1.29 is 8.78 Å². The highest BCUT2D eigenvalue weighted by molar-refractivity contribution is 7.11. The predicted molar refractivity (Wildman–Crippen MR) is 82.1 cm³/mol. The minimum atomic E-state index is -2.60. The molecule has 0 amide bonds. The molecule has 0 bridgehead atoms. The number of imidazole rings is 1. The molecule has 0 radical (unpaired) electrons. The van der Waals surface area contributed by atoms with Gasteiger partial charge in [0.2, 0.25) is 0 Å². The third-order valence-corrected chi connectivity index (χ3v) is 4.15. The van der Waals surface area contributed by atoms with Crippen molar-refractivity contribution >= 4 is 17.3 Å². The third-order valence-electron chi connectivity index (χ3n) is 3.08. The average Bonchev–Trinajstić information content (AvgIpc) is 3.06. The molecule has 2 rings (SSSR count). The number of guanidine groups is 1. The van der Waals surface area contributed by atoms with Gasteiger partial charge in [-0.3, -0.25) is 9.56 Å². The molecular formula is C13H18F2N6S. The molecule has 0 aliphatic heterocycles. The predicted octanol–water partition coefficient (Wildman–Crippen LogP) is 2.22. The first-order chi connectivity index (χ1) is 10.5. The van der Waals surface area contributed by atoms with Crippen LogP contribution in [0.25, 0.3) is 0 Å². The highest BCUT2D eigenvalue weighted by Gasteiger charge is 2.11. The zero-order valence-electron chi connectivity index (χ0n) is 12.6. The van der Waals surface area contributed by atoms with E-state index in [0.717, 1.165) is 15.3 Å². The Morgan fingerprint density at radius 2 is 2.09 bits per heavy atom. The van der Waals surface area contributed by atoms with Gasteiger partial charge < -0.3 is 10.6 Å². The van der Waals surface area contributed by atoms with Crippen LogP contribution in [0, 0.1) is 13.8 Å². The van der Waals surface area contributed by atoms with Crippen molar-refractivity contribution in [3.63, 3.8) is 0 Å². The summed E-state index contributed by atoms with van der Waals surface area (Å²) < 4.78 is 26.3. The largest absolute Gasteiger partial charge is 0.350 e. The molecule has 0 fully saturated rings. The first-order valence-corrected chi connectivity index (χ1v) is 7.50. The molecule has 0 saturated heterocycles. The Labute approximate surface area is 131 Å². The van der Waals surface area contributed by atoms with E-state index >= 15 is 0 Å². The Morgan fingerprint density at radius 3 is 2.68 bits per heavy atom. The molecule has 2 heterocycles. The van der Waals surface area contributed by atoms with Crippen LogP contribution in [-0.4, -0.2) is 27.5 Å². The Bertz CT molecular complexity index is 629. The number of halogens is 2. The number of thiazole rings is 1. The highest BCUT2D eigenvalue weighted by atomic mass is 32.1. The molecular weight excluding hydrogens is 310 g/mol. The first kappa shape index (κ1) is 16.3. The van der Waals surface area contributed by atoms with Gasteiger partial charge in [0.25, 0.3) is 0 Å². The van der Waals surface area contributed by atoms with Crippen molar-refractivity contribution in [1.29, 1.82) is 0 Å². The van der Waals surface area contributed by atoms with Gasteiger partial charge >= 0.3 is 6.55 Å². The van der Waals surface area contributed by atoms with Crippen LogP contribution in [0.15, 0.2) is 17.4 Å². The lowest BCUT2D eigenvalue weighted by molar-refractivity contribution is 0.0668. The van der Waals surface area contributed by atoms with Crippen molar-refractivity contribution in [3.05, 3.63) is 33.8 Å². The number of alkyl halides is 2. The number of hydrogen-bond donors (Lipinski definition) is 2. The molecule has 2 N–H and O–H groups in total. The van der Waals surface area contributed by atoms with E-state index in [-0.39, 0.29) is 12.4 Å². The zero-order chi connectivity index (χ0) is 16.1. The van der Waals surface area contributed by atoms with Gasteiger partial charge in [0, 0.05) is 24.3 Å². The summed E-state index contributed by atoms with van der Waals surface area (Å²) in [5.41, 5.74) is 1.02. The van der Waals surface area contributed by atoms with Crippen molar-refractivity contribution in [3.8, 4) is 0 Å². The van der Waals surface area contributed by atoms with Crippen LogP contribution in [0.1, 0.15) is 28.0 Å².